The molecule has 0 saturated carbocycles. The molecule has 1 saturated heterocycles. The topological polar surface area (TPSA) is 81.6 Å². The Bertz CT molecular complexity index is 1020. The number of hydrogen-bond acceptors (Lipinski definition) is 8. The molecule has 3 heterocycles. The van der Waals surface area contributed by atoms with Gasteiger partial charge in [-0.2, -0.15) is 0 Å². The van der Waals surface area contributed by atoms with Gasteiger partial charge >= 0.3 is 0 Å². The maximum atomic E-state index is 14.6. The van der Waals surface area contributed by atoms with Crippen molar-refractivity contribution in [1.29, 1.82) is 0 Å². The van der Waals surface area contributed by atoms with E-state index in [-0.39, 0.29) is 17.3 Å². The summed E-state index contributed by atoms with van der Waals surface area (Å²) in [4.78, 5) is 15.3. The van der Waals surface area contributed by atoms with Crippen LogP contribution in [0.1, 0.15) is 0 Å². The van der Waals surface area contributed by atoms with E-state index >= 15 is 0 Å². The number of anilines is 3. The predicted octanol–water partition coefficient (Wildman–Crippen LogP) is 2.90. The van der Waals surface area contributed by atoms with E-state index in [0.29, 0.717) is 43.3 Å². The largest absolute Gasteiger partial charge is 0.493 e. The van der Waals surface area contributed by atoms with E-state index in [1.54, 1.807) is 18.3 Å². The Morgan fingerprint density at radius 1 is 1.03 bits per heavy atom. The first-order chi connectivity index (χ1) is 14.1. The number of methoxy groups -OCH3 is 2. The van der Waals surface area contributed by atoms with Crippen LogP contribution in [0.25, 0.3) is 11.2 Å². The van der Waals surface area contributed by atoms with Crippen LogP contribution in [0.2, 0.25) is 0 Å². The Kier molecular flexibility index (Phi) is 5.26. The van der Waals surface area contributed by atoms with Crippen LogP contribution in [0, 0.1) is 11.6 Å². The first kappa shape index (κ1) is 19.1. The lowest BCUT2D eigenvalue weighted by atomic mass is 10.2. The summed E-state index contributed by atoms with van der Waals surface area (Å²) in [5.74, 6) is -1.20. The van der Waals surface area contributed by atoms with Gasteiger partial charge in [-0.15, -0.1) is 0 Å². The molecule has 1 aliphatic rings. The van der Waals surface area contributed by atoms with Crippen molar-refractivity contribution in [3.8, 4) is 11.5 Å². The molecule has 0 radical (unpaired) electrons. The van der Waals surface area contributed by atoms with Crippen LogP contribution in [-0.2, 0) is 4.74 Å². The summed E-state index contributed by atoms with van der Waals surface area (Å²) in [5, 5.41) is 2.66. The summed E-state index contributed by atoms with van der Waals surface area (Å²) in [6, 6.07) is 4.38. The molecule has 1 N–H and O–H groups in total. The zero-order chi connectivity index (χ0) is 20.4. The van der Waals surface area contributed by atoms with Crippen LogP contribution in [0.4, 0.5) is 26.1 Å². The fourth-order valence-corrected chi connectivity index (χ4v) is 3.03. The smallest absolute Gasteiger partial charge is 0.191 e. The van der Waals surface area contributed by atoms with Crippen LogP contribution in [0.5, 0.6) is 11.5 Å². The summed E-state index contributed by atoms with van der Waals surface area (Å²) in [6.45, 7) is 2.65. The van der Waals surface area contributed by atoms with Crippen LogP contribution in [0.15, 0.2) is 24.4 Å². The molecular formula is C19H19F2N5O3. The number of benzene rings is 1. The van der Waals surface area contributed by atoms with Gasteiger partial charge in [0.25, 0.3) is 0 Å². The van der Waals surface area contributed by atoms with Crippen molar-refractivity contribution < 1.29 is 23.0 Å². The van der Waals surface area contributed by atoms with Crippen molar-refractivity contribution in [2.24, 2.45) is 0 Å². The molecule has 4 rings (SSSR count). The Labute approximate surface area is 165 Å². The van der Waals surface area contributed by atoms with Gasteiger partial charge in [0.1, 0.15) is 22.8 Å². The van der Waals surface area contributed by atoms with E-state index in [4.69, 9.17) is 14.2 Å². The molecule has 10 heteroatoms. The van der Waals surface area contributed by atoms with Crippen molar-refractivity contribution in [2.75, 3.05) is 50.7 Å². The summed E-state index contributed by atoms with van der Waals surface area (Å²) >= 11 is 0. The number of nitrogens with one attached hydrogen (secondary N) is 1. The fraction of sp³-hybridized carbons (Fsp3) is 0.316. The minimum absolute atomic E-state index is 0.152. The number of fused-ring (bicyclic) bond motifs is 1. The molecule has 1 aromatic carbocycles. The van der Waals surface area contributed by atoms with Gasteiger partial charge in [0.15, 0.2) is 28.8 Å². The standard InChI is InChI=1S/C19H19F2N5O3/c1-27-12-9-13(28-2)17(21)18(16(12)20)23-14-4-3-11-19(24-14)25-15(10-22-11)26-5-7-29-8-6-26/h3-4,9-10H,5-8H2,1-2H3,(H,23,24,25). The van der Waals surface area contributed by atoms with Crippen molar-refractivity contribution in [2.45, 2.75) is 0 Å². The van der Waals surface area contributed by atoms with Gasteiger partial charge in [0.2, 0.25) is 0 Å². The molecule has 1 fully saturated rings. The number of halogens is 2. The maximum Gasteiger partial charge on any atom is 0.191 e. The molecule has 1 aliphatic heterocycles. The molecule has 0 amide bonds. The Morgan fingerprint density at radius 2 is 1.72 bits per heavy atom. The van der Waals surface area contributed by atoms with E-state index < -0.39 is 17.3 Å². The Morgan fingerprint density at radius 3 is 2.38 bits per heavy atom. The van der Waals surface area contributed by atoms with E-state index in [1.807, 2.05) is 4.90 Å². The number of morpholine rings is 1. The van der Waals surface area contributed by atoms with Gasteiger partial charge in [-0.05, 0) is 12.1 Å². The van der Waals surface area contributed by atoms with Gasteiger partial charge in [-0.3, -0.25) is 0 Å². The second kappa shape index (κ2) is 8.00. The third kappa shape index (κ3) is 3.70. The first-order valence-corrected chi connectivity index (χ1v) is 8.94. The van der Waals surface area contributed by atoms with Crippen molar-refractivity contribution >= 4 is 28.5 Å². The molecule has 0 spiro atoms. The van der Waals surface area contributed by atoms with Crippen molar-refractivity contribution in [3.05, 3.63) is 36.0 Å². The molecule has 29 heavy (non-hydrogen) atoms. The van der Waals surface area contributed by atoms with Crippen molar-refractivity contribution in [3.63, 3.8) is 0 Å². The predicted molar refractivity (Wildman–Crippen MR) is 103 cm³/mol. The Hall–Kier alpha value is -3.27. The van der Waals surface area contributed by atoms with E-state index in [2.05, 4.69) is 20.3 Å². The third-order valence-electron chi connectivity index (χ3n) is 4.56. The highest BCUT2D eigenvalue weighted by Gasteiger charge is 2.21. The molecule has 0 bridgehead atoms. The molecule has 152 valence electrons. The molecule has 0 unspecified atom stereocenters. The lowest BCUT2D eigenvalue weighted by Crippen LogP contribution is -2.36. The number of rotatable bonds is 5. The third-order valence-corrected chi connectivity index (χ3v) is 4.56. The summed E-state index contributed by atoms with van der Waals surface area (Å²) < 4.78 is 44.5. The molecular weight excluding hydrogens is 384 g/mol. The van der Waals surface area contributed by atoms with Crippen LogP contribution < -0.4 is 19.7 Å². The van der Waals surface area contributed by atoms with E-state index in [1.165, 1.54) is 14.2 Å². The molecule has 0 atom stereocenters. The van der Waals surface area contributed by atoms with Crippen molar-refractivity contribution in [1.82, 2.24) is 15.0 Å². The van der Waals surface area contributed by atoms with E-state index in [0.717, 1.165) is 6.07 Å². The van der Waals surface area contributed by atoms with Crippen LogP contribution >= 0.6 is 0 Å². The van der Waals surface area contributed by atoms with Gasteiger partial charge in [-0.1, -0.05) is 0 Å². The SMILES string of the molecule is COc1cc(OC)c(F)c(Nc2ccc3ncc(N4CCOCC4)nc3n2)c1F. The second-order valence-corrected chi connectivity index (χ2v) is 6.28. The van der Waals surface area contributed by atoms with Gasteiger partial charge < -0.3 is 24.4 Å². The van der Waals surface area contributed by atoms with Gasteiger partial charge in [0, 0.05) is 19.2 Å². The zero-order valence-electron chi connectivity index (χ0n) is 15.9. The monoisotopic (exact) mass is 403 g/mol. The highest BCUT2D eigenvalue weighted by molar-refractivity contribution is 5.75. The number of ether oxygens (including phenoxy) is 3. The molecule has 3 aromatic rings. The molecule has 2 aromatic heterocycles. The minimum atomic E-state index is -0.888. The zero-order valence-corrected chi connectivity index (χ0v) is 15.9. The van der Waals surface area contributed by atoms with E-state index in [9.17, 15) is 8.78 Å². The van der Waals surface area contributed by atoms with Crippen LogP contribution in [-0.4, -0.2) is 55.5 Å². The molecule has 0 aliphatic carbocycles. The lowest BCUT2D eigenvalue weighted by Gasteiger charge is -2.27. The van der Waals surface area contributed by atoms with Gasteiger partial charge in [0.05, 0.1) is 33.6 Å². The minimum Gasteiger partial charge on any atom is -0.493 e. The van der Waals surface area contributed by atoms with Crippen LogP contribution in [0.3, 0.4) is 0 Å². The fourth-order valence-electron chi connectivity index (χ4n) is 3.03. The summed E-state index contributed by atoms with van der Waals surface area (Å²) in [7, 11) is 2.58. The maximum absolute atomic E-state index is 14.6. The summed E-state index contributed by atoms with van der Waals surface area (Å²) in [6.07, 6.45) is 1.68. The first-order valence-electron chi connectivity index (χ1n) is 8.94. The summed E-state index contributed by atoms with van der Waals surface area (Å²) in [5.41, 5.74) is 0.497. The number of hydrogen-bond donors (Lipinski definition) is 1. The second-order valence-electron chi connectivity index (χ2n) is 6.28. The number of pyridine rings is 1. The quantitative estimate of drug-likeness (QED) is 0.697. The normalized spacial score (nSPS) is 14.1. The molecule has 8 nitrogen and oxygen atoms in total. The lowest BCUT2D eigenvalue weighted by molar-refractivity contribution is 0.122. The number of aromatic nitrogens is 3. The highest BCUT2D eigenvalue weighted by Crippen LogP contribution is 2.36. The average Bonchev–Trinajstić information content (AvgIpc) is 2.77. The number of nitrogens with zero attached hydrogens (tertiary/aromatic N) is 4. The highest BCUT2D eigenvalue weighted by atomic mass is 19.1. The van der Waals surface area contributed by atoms with Gasteiger partial charge in [-0.25, -0.2) is 23.7 Å². The average molecular weight is 403 g/mol. The Balaban J connectivity index is 1.69.